The zero-order chi connectivity index (χ0) is 19.6. The molecule has 0 spiro atoms. The SMILES string of the molecule is CN(C)c1cc(N(C)C2CCN(Cc3cccc(C(F)(F)F)c3)C2)ncn1. The fourth-order valence-corrected chi connectivity index (χ4v) is 3.34. The molecule has 2 aromatic rings. The van der Waals surface area contributed by atoms with Crippen molar-refractivity contribution in [2.45, 2.75) is 25.2 Å². The maximum Gasteiger partial charge on any atom is 0.416 e. The number of hydrogen-bond acceptors (Lipinski definition) is 5. The van der Waals surface area contributed by atoms with Crippen LogP contribution in [-0.4, -0.2) is 55.1 Å². The van der Waals surface area contributed by atoms with Crippen LogP contribution in [0.15, 0.2) is 36.7 Å². The van der Waals surface area contributed by atoms with Gasteiger partial charge in [-0.05, 0) is 18.1 Å². The number of nitrogens with zero attached hydrogens (tertiary/aromatic N) is 5. The van der Waals surface area contributed by atoms with E-state index in [1.165, 1.54) is 12.1 Å². The van der Waals surface area contributed by atoms with Crippen molar-refractivity contribution >= 4 is 11.6 Å². The Hall–Kier alpha value is -2.35. The van der Waals surface area contributed by atoms with Crippen LogP contribution >= 0.6 is 0 Å². The first-order chi connectivity index (χ1) is 12.7. The standard InChI is InChI=1S/C19H24F3N5/c1-25(2)17-10-18(24-13-23-17)26(3)16-7-8-27(12-16)11-14-5-4-6-15(9-14)19(20,21)22/h4-6,9-10,13,16H,7-8,11-12H2,1-3H3. The van der Waals surface area contributed by atoms with Gasteiger partial charge in [0.2, 0.25) is 0 Å². The van der Waals surface area contributed by atoms with Crippen molar-refractivity contribution in [3.8, 4) is 0 Å². The Kier molecular flexibility index (Phi) is 5.55. The average Bonchev–Trinajstić information content (AvgIpc) is 3.09. The van der Waals surface area contributed by atoms with E-state index in [1.54, 1.807) is 12.4 Å². The van der Waals surface area contributed by atoms with Crippen molar-refractivity contribution in [3.63, 3.8) is 0 Å². The molecule has 146 valence electrons. The van der Waals surface area contributed by atoms with Crippen LogP contribution in [0.5, 0.6) is 0 Å². The number of aromatic nitrogens is 2. The molecule has 1 unspecified atom stereocenters. The zero-order valence-corrected chi connectivity index (χ0v) is 15.7. The lowest BCUT2D eigenvalue weighted by Gasteiger charge is -2.26. The van der Waals surface area contributed by atoms with Crippen LogP contribution in [0.3, 0.4) is 0 Å². The van der Waals surface area contributed by atoms with Crippen molar-refractivity contribution in [1.29, 1.82) is 0 Å². The topological polar surface area (TPSA) is 35.5 Å². The lowest BCUT2D eigenvalue weighted by Crippen LogP contribution is -2.35. The minimum atomic E-state index is -4.30. The summed E-state index contributed by atoms with van der Waals surface area (Å²) in [6.07, 6.45) is -1.81. The number of likely N-dealkylation sites (tertiary alicyclic amines) is 1. The average molecular weight is 379 g/mol. The van der Waals surface area contributed by atoms with E-state index in [4.69, 9.17) is 0 Å². The summed E-state index contributed by atoms with van der Waals surface area (Å²) in [6.45, 7) is 2.14. The highest BCUT2D eigenvalue weighted by Crippen LogP contribution is 2.30. The molecule has 0 amide bonds. The van der Waals surface area contributed by atoms with E-state index in [1.807, 2.05) is 32.1 Å². The molecule has 5 nitrogen and oxygen atoms in total. The highest BCUT2D eigenvalue weighted by molar-refractivity contribution is 5.49. The molecule has 0 radical (unpaired) electrons. The summed E-state index contributed by atoms with van der Waals surface area (Å²) in [5, 5.41) is 0. The van der Waals surface area contributed by atoms with Gasteiger partial charge in [-0.15, -0.1) is 0 Å². The molecule has 1 aromatic carbocycles. The van der Waals surface area contributed by atoms with Crippen molar-refractivity contribution in [3.05, 3.63) is 47.8 Å². The van der Waals surface area contributed by atoms with Gasteiger partial charge in [-0.1, -0.05) is 18.2 Å². The van der Waals surface area contributed by atoms with Gasteiger partial charge in [-0.25, -0.2) is 9.97 Å². The first-order valence-electron chi connectivity index (χ1n) is 8.85. The molecule has 0 bridgehead atoms. The number of alkyl halides is 3. The lowest BCUT2D eigenvalue weighted by molar-refractivity contribution is -0.137. The molecule has 0 N–H and O–H groups in total. The van der Waals surface area contributed by atoms with E-state index < -0.39 is 11.7 Å². The van der Waals surface area contributed by atoms with Gasteiger partial charge >= 0.3 is 6.18 Å². The molecule has 3 rings (SSSR count). The summed E-state index contributed by atoms with van der Waals surface area (Å²) >= 11 is 0. The minimum Gasteiger partial charge on any atom is -0.363 e. The summed E-state index contributed by atoms with van der Waals surface area (Å²) in [7, 11) is 5.86. The van der Waals surface area contributed by atoms with Gasteiger partial charge in [0, 0.05) is 52.9 Å². The second kappa shape index (κ2) is 7.72. The van der Waals surface area contributed by atoms with Gasteiger partial charge in [0.25, 0.3) is 0 Å². The van der Waals surface area contributed by atoms with Crippen LogP contribution in [0.2, 0.25) is 0 Å². The van der Waals surface area contributed by atoms with Gasteiger partial charge in [0.1, 0.15) is 18.0 Å². The van der Waals surface area contributed by atoms with Gasteiger partial charge in [0.05, 0.1) is 5.56 Å². The highest BCUT2D eigenvalue weighted by Gasteiger charge is 2.31. The Morgan fingerprint density at radius 2 is 1.85 bits per heavy atom. The molecule has 0 aliphatic carbocycles. The third-order valence-corrected chi connectivity index (χ3v) is 4.91. The largest absolute Gasteiger partial charge is 0.416 e. The highest BCUT2D eigenvalue weighted by atomic mass is 19.4. The Morgan fingerprint density at radius 1 is 1.11 bits per heavy atom. The molecular formula is C19H24F3N5. The molecule has 1 fully saturated rings. The molecule has 1 aromatic heterocycles. The normalized spacial score (nSPS) is 17.9. The Balaban J connectivity index is 1.64. The number of likely N-dealkylation sites (N-methyl/N-ethyl adjacent to an activating group) is 1. The van der Waals surface area contributed by atoms with Crippen molar-refractivity contribution in [2.75, 3.05) is 44.0 Å². The Morgan fingerprint density at radius 3 is 2.56 bits per heavy atom. The van der Waals surface area contributed by atoms with Crippen LogP contribution in [0.25, 0.3) is 0 Å². The molecule has 8 heteroatoms. The van der Waals surface area contributed by atoms with E-state index in [2.05, 4.69) is 19.8 Å². The molecule has 27 heavy (non-hydrogen) atoms. The van der Waals surface area contributed by atoms with Crippen LogP contribution in [-0.2, 0) is 12.7 Å². The van der Waals surface area contributed by atoms with Gasteiger partial charge in [-0.2, -0.15) is 13.2 Å². The second-order valence-electron chi connectivity index (χ2n) is 7.12. The minimum absolute atomic E-state index is 0.265. The fourth-order valence-electron chi connectivity index (χ4n) is 3.34. The zero-order valence-electron chi connectivity index (χ0n) is 15.7. The monoisotopic (exact) mass is 379 g/mol. The maximum atomic E-state index is 12.9. The molecule has 1 atom stereocenters. The molecule has 0 saturated carbocycles. The van der Waals surface area contributed by atoms with E-state index in [0.717, 1.165) is 37.2 Å². The molecule has 1 aliphatic heterocycles. The van der Waals surface area contributed by atoms with Gasteiger partial charge in [0.15, 0.2) is 0 Å². The van der Waals surface area contributed by atoms with Crippen LogP contribution in [0, 0.1) is 0 Å². The predicted octanol–water partition coefficient (Wildman–Crippen LogP) is 3.27. The number of anilines is 2. The lowest BCUT2D eigenvalue weighted by atomic mass is 10.1. The molecular weight excluding hydrogens is 355 g/mol. The smallest absolute Gasteiger partial charge is 0.363 e. The second-order valence-corrected chi connectivity index (χ2v) is 7.12. The van der Waals surface area contributed by atoms with Gasteiger partial charge in [-0.3, -0.25) is 4.90 Å². The van der Waals surface area contributed by atoms with E-state index >= 15 is 0 Å². The third-order valence-electron chi connectivity index (χ3n) is 4.91. The first-order valence-corrected chi connectivity index (χ1v) is 8.85. The summed E-state index contributed by atoms with van der Waals surface area (Å²) in [4.78, 5) is 14.8. The van der Waals surface area contributed by atoms with Crippen LogP contribution in [0.1, 0.15) is 17.5 Å². The Labute approximate surface area is 157 Å². The van der Waals surface area contributed by atoms with Crippen molar-refractivity contribution in [2.24, 2.45) is 0 Å². The van der Waals surface area contributed by atoms with Crippen molar-refractivity contribution in [1.82, 2.24) is 14.9 Å². The fraction of sp³-hybridized carbons (Fsp3) is 0.474. The summed E-state index contributed by atoms with van der Waals surface area (Å²) < 4.78 is 38.7. The Bertz CT molecular complexity index is 778. The van der Waals surface area contributed by atoms with E-state index in [-0.39, 0.29) is 6.04 Å². The molecule has 1 saturated heterocycles. The van der Waals surface area contributed by atoms with Crippen LogP contribution in [0.4, 0.5) is 24.8 Å². The third kappa shape index (κ3) is 4.68. The van der Waals surface area contributed by atoms with Crippen LogP contribution < -0.4 is 9.80 Å². The maximum absolute atomic E-state index is 12.9. The van der Waals surface area contributed by atoms with Crippen molar-refractivity contribution < 1.29 is 13.2 Å². The number of hydrogen-bond donors (Lipinski definition) is 0. The van der Waals surface area contributed by atoms with Gasteiger partial charge < -0.3 is 9.80 Å². The summed E-state index contributed by atoms with van der Waals surface area (Å²) in [5.74, 6) is 1.69. The molecule has 2 heterocycles. The summed E-state index contributed by atoms with van der Waals surface area (Å²) in [5.41, 5.74) is 0.0927. The first kappa shape index (κ1) is 19.4. The number of benzene rings is 1. The predicted molar refractivity (Wildman–Crippen MR) is 99.9 cm³/mol. The summed E-state index contributed by atoms with van der Waals surface area (Å²) in [6, 6.07) is 7.78. The van der Waals surface area contributed by atoms with E-state index in [0.29, 0.717) is 12.1 Å². The number of halogens is 3. The number of rotatable bonds is 5. The quantitative estimate of drug-likeness (QED) is 0.797. The molecule has 1 aliphatic rings. The van der Waals surface area contributed by atoms with E-state index in [9.17, 15) is 13.2 Å².